The normalized spacial score (nSPS) is 30.8. The fraction of sp³-hybridized carbons (Fsp3) is 0.435. The molecule has 5 heterocycles. The zero-order valence-corrected chi connectivity index (χ0v) is 17.8. The Hall–Kier alpha value is -2.35. The highest BCUT2D eigenvalue weighted by Crippen LogP contribution is 2.45. The lowest BCUT2D eigenvalue weighted by atomic mass is 9.83. The van der Waals surface area contributed by atoms with E-state index in [0.29, 0.717) is 18.5 Å². The largest absolute Gasteiger partial charge is 0.383 e. The number of aromatic nitrogens is 1. The van der Waals surface area contributed by atoms with Gasteiger partial charge in [0.05, 0.1) is 11.3 Å². The van der Waals surface area contributed by atoms with Gasteiger partial charge in [0.25, 0.3) is 5.91 Å². The van der Waals surface area contributed by atoms with Gasteiger partial charge in [0.1, 0.15) is 11.8 Å². The number of carbonyl (C=O) groups is 1. The number of pyridine rings is 1. The summed E-state index contributed by atoms with van der Waals surface area (Å²) in [4.78, 5) is 25.3. The average Bonchev–Trinajstić information content (AvgIpc) is 3.38. The van der Waals surface area contributed by atoms with E-state index in [2.05, 4.69) is 15.3 Å². The zero-order chi connectivity index (χ0) is 20.7. The Labute approximate surface area is 180 Å². The molecule has 5 rings (SSSR count). The first-order valence-electron chi connectivity index (χ1n) is 10.6. The Morgan fingerprint density at radius 2 is 2.13 bits per heavy atom. The van der Waals surface area contributed by atoms with Crippen molar-refractivity contribution >= 4 is 29.0 Å². The number of amides is 1. The zero-order valence-electron chi connectivity index (χ0n) is 17.0. The van der Waals surface area contributed by atoms with E-state index < -0.39 is 5.60 Å². The van der Waals surface area contributed by atoms with Gasteiger partial charge in [-0.3, -0.25) is 20.1 Å². The molecule has 0 radical (unpaired) electrons. The highest BCUT2D eigenvalue weighted by molar-refractivity contribution is 7.11. The summed E-state index contributed by atoms with van der Waals surface area (Å²) in [5.74, 6) is 0.0734. The van der Waals surface area contributed by atoms with Crippen molar-refractivity contribution in [2.45, 2.75) is 56.5 Å². The van der Waals surface area contributed by atoms with Crippen LogP contribution < -0.4 is 5.32 Å². The summed E-state index contributed by atoms with van der Waals surface area (Å²) in [6, 6.07) is 7.74. The summed E-state index contributed by atoms with van der Waals surface area (Å²) in [7, 11) is 0. The van der Waals surface area contributed by atoms with E-state index >= 15 is 0 Å². The van der Waals surface area contributed by atoms with Gasteiger partial charge in [-0.1, -0.05) is 12.1 Å². The van der Waals surface area contributed by atoms with Crippen LogP contribution in [-0.4, -0.2) is 51.9 Å². The first-order valence-corrected chi connectivity index (χ1v) is 11.4. The average molecular weight is 423 g/mol. The second-order valence-corrected chi connectivity index (χ2v) is 9.31. The molecule has 3 atom stereocenters. The number of fused-ring (bicyclic) bond motifs is 2. The van der Waals surface area contributed by atoms with Crippen LogP contribution >= 0.6 is 11.3 Å². The number of aliphatic imine (C=N–C) groups is 1. The molecule has 2 N–H and O–H groups in total. The number of nitrogens with zero attached hydrogens (tertiary/aromatic N) is 3. The fourth-order valence-corrected chi connectivity index (χ4v) is 5.69. The number of rotatable bonds is 5. The van der Waals surface area contributed by atoms with E-state index in [0.717, 1.165) is 35.4 Å². The summed E-state index contributed by atoms with van der Waals surface area (Å²) >= 11 is 1.58. The quantitative estimate of drug-likeness (QED) is 0.572. The summed E-state index contributed by atoms with van der Waals surface area (Å²) in [6.45, 7) is 2.93. The molecule has 0 saturated carbocycles. The minimum atomic E-state index is -0.949. The maximum Gasteiger partial charge on any atom is 0.255 e. The standard InChI is InChI=1S/C23H26N4O2S/c1-2-15(12-25-21-13-26-21)19-9-16(14-30-19)22(28)27-17-6-7-18(27)11-23(29,10-17)20-5-3-4-8-24-20/h2-5,8-9,12,14,17-18,21,26,29H,6-7,10-11,13H2,1H3/b15-2+,25-12?. The molecule has 7 heteroatoms. The highest BCUT2D eigenvalue weighted by Gasteiger charge is 2.50. The molecule has 2 aromatic rings. The third kappa shape index (κ3) is 3.62. The van der Waals surface area contributed by atoms with Crippen LogP contribution in [-0.2, 0) is 5.60 Å². The second-order valence-electron chi connectivity index (χ2n) is 8.40. The van der Waals surface area contributed by atoms with Crippen LogP contribution in [0, 0.1) is 0 Å². The van der Waals surface area contributed by atoms with Gasteiger partial charge in [0.15, 0.2) is 0 Å². The van der Waals surface area contributed by atoms with Crippen molar-refractivity contribution in [3.8, 4) is 0 Å². The molecule has 0 aliphatic carbocycles. The first kappa shape index (κ1) is 19.6. The van der Waals surface area contributed by atoms with Crippen LogP contribution in [0.1, 0.15) is 53.5 Å². The number of piperidine rings is 1. The van der Waals surface area contributed by atoms with Crippen molar-refractivity contribution in [3.05, 3.63) is 58.1 Å². The van der Waals surface area contributed by atoms with E-state index in [9.17, 15) is 9.90 Å². The lowest BCUT2D eigenvalue weighted by molar-refractivity contribution is -0.0508. The lowest BCUT2D eigenvalue weighted by Crippen LogP contribution is -2.52. The highest BCUT2D eigenvalue weighted by atomic mass is 32.1. The van der Waals surface area contributed by atoms with E-state index in [1.54, 1.807) is 17.5 Å². The monoisotopic (exact) mass is 422 g/mol. The van der Waals surface area contributed by atoms with E-state index in [4.69, 9.17) is 0 Å². The SMILES string of the molecule is C/C=C(\C=NC1CN1)c1cc(C(=O)N2C3CCC2CC(O)(c2ccccn2)C3)cs1. The van der Waals surface area contributed by atoms with Crippen LogP contribution in [0.5, 0.6) is 0 Å². The maximum absolute atomic E-state index is 13.4. The van der Waals surface area contributed by atoms with Gasteiger partial charge in [0.2, 0.25) is 0 Å². The molecule has 1 amide bonds. The molecule has 156 valence electrons. The van der Waals surface area contributed by atoms with E-state index in [1.807, 2.05) is 53.8 Å². The predicted molar refractivity (Wildman–Crippen MR) is 119 cm³/mol. The number of thiophene rings is 1. The fourth-order valence-electron chi connectivity index (χ4n) is 4.76. The van der Waals surface area contributed by atoms with Crippen LogP contribution in [0.4, 0.5) is 0 Å². The Bertz CT molecular complexity index is 982. The smallest absolute Gasteiger partial charge is 0.255 e. The van der Waals surface area contributed by atoms with Gasteiger partial charge >= 0.3 is 0 Å². The molecule has 0 aromatic carbocycles. The first-order chi connectivity index (χ1) is 14.6. The van der Waals surface area contributed by atoms with Gasteiger partial charge in [-0.25, -0.2) is 0 Å². The van der Waals surface area contributed by atoms with Crippen LogP contribution in [0.2, 0.25) is 0 Å². The number of hydrogen-bond acceptors (Lipinski definition) is 6. The van der Waals surface area contributed by atoms with Gasteiger partial charge in [-0.15, -0.1) is 11.3 Å². The molecule has 3 unspecified atom stereocenters. The summed E-state index contributed by atoms with van der Waals surface area (Å²) < 4.78 is 0. The van der Waals surface area contributed by atoms with E-state index in [-0.39, 0.29) is 24.2 Å². The molecule has 2 aromatic heterocycles. The number of hydrogen-bond donors (Lipinski definition) is 2. The minimum Gasteiger partial charge on any atom is -0.383 e. The Balaban J connectivity index is 1.34. The van der Waals surface area contributed by atoms with Gasteiger partial charge in [-0.2, -0.15) is 0 Å². The lowest BCUT2D eigenvalue weighted by Gasteiger charge is -2.43. The molecule has 3 aliphatic heterocycles. The Morgan fingerprint density at radius 1 is 1.37 bits per heavy atom. The molecule has 6 nitrogen and oxygen atoms in total. The molecule has 2 bridgehead atoms. The van der Waals surface area contributed by atoms with Crippen molar-refractivity contribution in [3.63, 3.8) is 0 Å². The third-order valence-corrected chi connectivity index (χ3v) is 7.34. The van der Waals surface area contributed by atoms with E-state index in [1.165, 1.54) is 0 Å². The van der Waals surface area contributed by atoms with Crippen LogP contribution in [0.25, 0.3) is 5.57 Å². The predicted octanol–water partition coefficient (Wildman–Crippen LogP) is 3.20. The summed E-state index contributed by atoms with van der Waals surface area (Å²) in [5.41, 5.74) is 1.54. The second kappa shape index (κ2) is 7.72. The number of aliphatic hydroxyl groups is 1. The summed E-state index contributed by atoms with van der Waals surface area (Å²) in [5, 5.41) is 16.4. The topological polar surface area (TPSA) is 87.7 Å². The number of carbonyl (C=O) groups excluding carboxylic acids is 1. The van der Waals surface area contributed by atoms with Gasteiger partial charge in [-0.05, 0) is 38.0 Å². The third-order valence-electron chi connectivity index (χ3n) is 6.36. The minimum absolute atomic E-state index is 0.0512. The molecular weight excluding hydrogens is 396 g/mol. The van der Waals surface area contributed by atoms with Crippen molar-refractivity contribution in [1.29, 1.82) is 0 Å². The van der Waals surface area contributed by atoms with Gasteiger partial charge < -0.3 is 10.0 Å². The Kier molecular flexibility index (Phi) is 5.05. The maximum atomic E-state index is 13.4. The Morgan fingerprint density at radius 3 is 2.77 bits per heavy atom. The molecule has 3 saturated heterocycles. The van der Waals surface area contributed by atoms with Crippen LogP contribution in [0.3, 0.4) is 0 Å². The van der Waals surface area contributed by atoms with Crippen molar-refractivity contribution < 1.29 is 9.90 Å². The molecule has 0 spiro atoms. The number of allylic oxidation sites excluding steroid dienone is 2. The van der Waals surface area contributed by atoms with Crippen molar-refractivity contribution in [2.75, 3.05) is 6.54 Å². The molecule has 30 heavy (non-hydrogen) atoms. The van der Waals surface area contributed by atoms with Crippen molar-refractivity contribution in [1.82, 2.24) is 15.2 Å². The summed E-state index contributed by atoms with van der Waals surface area (Å²) in [6.07, 6.45) is 8.85. The molecule has 3 fully saturated rings. The number of nitrogens with one attached hydrogen (secondary N) is 1. The van der Waals surface area contributed by atoms with Crippen molar-refractivity contribution in [2.24, 2.45) is 4.99 Å². The van der Waals surface area contributed by atoms with Crippen LogP contribution in [0.15, 0.2) is 46.9 Å². The van der Waals surface area contributed by atoms with Gasteiger partial charge in [0, 0.05) is 59.7 Å². The molecule has 3 aliphatic rings. The molecular formula is C23H26N4O2S.